The van der Waals surface area contributed by atoms with E-state index < -0.39 is 0 Å². The van der Waals surface area contributed by atoms with Crippen LogP contribution in [0.3, 0.4) is 0 Å². The lowest BCUT2D eigenvalue weighted by Gasteiger charge is -2.15. The van der Waals surface area contributed by atoms with Crippen LogP contribution in [0.25, 0.3) is 0 Å². The number of ether oxygens (including phenoxy) is 2. The van der Waals surface area contributed by atoms with Crippen molar-refractivity contribution < 1.29 is 13.9 Å². The van der Waals surface area contributed by atoms with Crippen LogP contribution in [-0.2, 0) is 11.3 Å². The first-order valence-corrected chi connectivity index (χ1v) is 6.81. The molecule has 0 amide bonds. The first-order chi connectivity index (χ1) is 9.20. The van der Waals surface area contributed by atoms with E-state index in [0.717, 1.165) is 0 Å². The van der Waals surface area contributed by atoms with Crippen molar-refractivity contribution in [1.29, 1.82) is 0 Å². The molecule has 1 N–H and O–H groups in total. The van der Waals surface area contributed by atoms with Gasteiger partial charge in [0.05, 0.1) is 6.61 Å². The van der Waals surface area contributed by atoms with Crippen molar-refractivity contribution in [2.24, 2.45) is 0 Å². The molecular weight excluding hydrogens is 247 g/mol. The first kappa shape index (κ1) is 14.2. The number of nitrogens with zero attached hydrogens (tertiary/aromatic N) is 1. The van der Waals surface area contributed by atoms with Crippen LogP contribution in [0.15, 0.2) is 12.3 Å². The Morgan fingerprint density at radius 3 is 3.00 bits per heavy atom. The Kier molecular flexibility index (Phi) is 5.10. The standard InChI is InChI=1S/C14H21FN2O2/c1-3-18-9-10(2)19-14-13(15)11(6-7-16-14)8-17-12-4-5-12/h6-7,10,12,17H,3-5,8-9H2,1-2H3. The van der Waals surface area contributed by atoms with Gasteiger partial charge in [0.2, 0.25) is 0 Å². The summed E-state index contributed by atoms with van der Waals surface area (Å²) in [4.78, 5) is 3.95. The summed E-state index contributed by atoms with van der Waals surface area (Å²) in [7, 11) is 0. The molecule has 0 bridgehead atoms. The Morgan fingerprint density at radius 1 is 1.53 bits per heavy atom. The summed E-state index contributed by atoms with van der Waals surface area (Å²) in [5.74, 6) is -0.318. The smallest absolute Gasteiger partial charge is 0.251 e. The number of hydrogen-bond donors (Lipinski definition) is 1. The molecule has 5 heteroatoms. The van der Waals surface area contributed by atoms with E-state index in [1.54, 1.807) is 12.3 Å². The van der Waals surface area contributed by atoms with Gasteiger partial charge in [-0.2, -0.15) is 0 Å². The van der Waals surface area contributed by atoms with Crippen LogP contribution in [0.5, 0.6) is 5.88 Å². The summed E-state index contributed by atoms with van der Waals surface area (Å²) in [5.41, 5.74) is 0.598. The number of nitrogens with one attached hydrogen (secondary N) is 1. The molecule has 1 aromatic rings. The maximum absolute atomic E-state index is 14.2. The van der Waals surface area contributed by atoms with Crippen LogP contribution < -0.4 is 10.1 Å². The van der Waals surface area contributed by atoms with Crippen molar-refractivity contribution in [2.45, 2.75) is 45.4 Å². The van der Waals surface area contributed by atoms with Crippen LogP contribution >= 0.6 is 0 Å². The summed E-state index contributed by atoms with van der Waals surface area (Å²) >= 11 is 0. The highest BCUT2D eigenvalue weighted by Crippen LogP contribution is 2.22. The van der Waals surface area contributed by atoms with Crippen LogP contribution in [0, 0.1) is 5.82 Å². The second-order valence-electron chi connectivity index (χ2n) is 4.83. The predicted octanol–water partition coefficient (Wildman–Crippen LogP) is 2.28. The van der Waals surface area contributed by atoms with Crippen molar-refractivity contribution in [3.63, 3.8) is 0 Å². The zero-order valence-electron chi connectivity index (χ0n) is 11.5. The molecule has 1 saturated carbocycles. The molecule has 2 rings (SSSR count). The molecule has 1 aliphatic rings. The summed E-state index contributed by atoms with van der Waals surface area (Å²) in [5, 5.41) is 3.28. The molecule has 0 spiro atoms. The summed E-state index contributed by atoms with van der Waals surface area (Å²) in [6.07, 6.45) is 3.73. The van der Waals surface area contributed by atoms with Crippen LogP contribution in [-0.4, -0.2) is 30.3 Å². The molecule has 1 heterocycles. The van der Waals surface area contributed by atoms with Gasteiger partial charge in [-0.25, -0.2) is 9.37 Å². The van der Waals surface area contributed by atoms with Crippen LogP contribution in [0.1, 0.15) is 32.3 Å². The maximum Gasteiger partial charge on any atom is 0.251 e. The topological polar surface area (TPSA) is 43.4 Å². The lowest BCUT2D eigenvalue weighted by Crippen LogP contribution is -2.21. The van der Waals surface area contributed by atoms with Crippen molar-refractivity contribution in [3.05, 3.63) is 23.6 Å². The van der Waals surface area contributed by atoms with Crippen molar-refractivity contribution >= 4 is 0 Å². The first-order valence-electron chi connectivity index (χ1n) is 6.81. The average Bonchev–Trinajstić information content (AvgIpc) is 3.21. The largest absolute Gasteiger partial charge is 0.470 e. The third kappa shape index (κ3) is 4.44. The maximum atomic E-state index is 14.2. The molecule has 1 fully saturated rings. The second-order valence-corrected chi connectivity index (χ2v) is 4.83. The highest BCUT2D eigenvalue weighted by atomic mass is 19.1. The minimum atomic E-state index is -0.376. The third-order valence-electron chi connectivity index (χ3n) is 2.97. The highest BCUT2D eigenvalue weighted by molar-refractivity contribution is 5.23. The number of rotatable bonds is 8. The van der Waals surface area contributed by atoms with Gasteiger partial charge in [0.25, 0.3) is 5.88 Å². The molecule has 1 atom stereocenters. The van der Waals surface area contributed by atoms with E-state index in [4.69, 9.17) is 9.47 Å². The second kappa shape index (κ2) is 6.82. The lowest BCUT2D eigenvalue weighted by atomic mass is 10.2. The number of aromatic nitrogens is 1. The molecule has 0 aliphatic heterocycles. The molecule has 4 nitrogen and oxygen atoms in total. The fourth-order valence-corrected chi connectivity index (χ4v) is 1.73. The molecule has 106 valence electrons. The Balaban J connectivity index is 1.93. The fourth-order valence-electron chi connectivity index (χ4n) is 1.73. The van der Waals surface area contributed by atoms with Gasteiger partial charge in [0.1, 0.15) is 6.10 Å². The SMILES string of the molecule is CCOCC(C)Oc1nccc(CNC2CC2)c1F. The molecule has 0 radical (unpaired) electrons. The summed E-state index contributed by atoms with van der Waals surface area (Å²) < 4.78 is 24.9. The zero-order valence-corrected chi connectivity index (χ0v) is 11.5. The molecule has 19 heavy (non-hydrogen) atoms. The van der Waals surface area contributed by atoms with Crippen molar-refractivity contribution in [1.82, 2.24) is 10.3 Å². The molecule has 0 saturated heterocycles. The van der Waals surface area contributed by atoms with E-state index in [1.165, 1.54) is 12.8 Å². The predicted molar refractivity (Wildman–Crippen MR) is 70.6 cm³/mol. The van der Waals surface area contributed by atoms with Crippen molar-refractivity contribution in [3.8, 4) is 5.88 Å². The van der Waals surface area contributed by atoms with Gasteiger partial charge in [-0.1, -0.05) is 0 Å². The average molecular weight is 268 g/mol. The van der Waals surface area contributed by atoms with E-state index in [1.807, 2.05) is 13.8 Å². The van der Waals surface area contributed by atoms with E-state index in [2.05, 4.69) is 10.3 Å². The fraction of sp³-hybridized carbons (Fsp3) is 0.643. The van der Waals surface area contributed by atoms with Gasteiger partial charge in [0.15, 0.2) is 5.82 Å². The van der Waals surface area contributed by atoms with E-state index in [0.29, 0.717) is 31.4 Å². The van der Waals surface area contributed by atoms with Gasteiger partial charge in [-0.05, 0) is 32.8 Å². The Morgan fingerprint density at radius 2 is 2.32 bits per heavy atom. The molecule has 1 aromatic heterocycles. The Labute approximate surface area is 113 Å². The molecular formula is C14H21FN2O2. The van der Waals surface area contributed by atoms with E-state index in [-0.39, 0.29) is 17.8 Å². The van der Waals surface area contributed by atoms with Gasteiger partial charge >= 0.3 is 0 Å². The van der Waals surface area contributed by atoms with Gasteiger partial charge in [-0.15, -0.1) is 0 Å². The summed E-state index contributed by atoms with van der Waals surface area (Å²) in [6.45, 7) is 5.33. The number of hydrogen-bond acceptors (Lipinski definition) is 4. The minimum absolute atomic E-state index is 0.0577. The summed E-state index contributed by atoms with van der Waals surface area (Å²) in [6, 6.07) is 2.24. The molecule has 1 unspecified atom stereocenters. The van der Waals surface area contributed by atoms with Crippen molar-refractivity contribution in [2.75, 3.05) is 13.2 Å². The highest BCUT2D eigenvalue weighted by Gasteiger charge is 2.21. The van der Waals surface area contributed by atoms with Gasteiger partial charge in [0, 0.05) is 31.0 Å². The van der Waals surface area contributed by atoms with Gasteiger partial charge in [-0.3, -0.25) is 0 Å². The monoisotopic (exact) mass is 268 g/mol. The number of pyridine rings is 1. The molecule has 1 aliphatic carbocycles. The Hall–Kier alpha value is -1.20. The minimum Gasteiger partial charge on any atom is -0.470 e. The van der Waals surface area contributed by atoms with E-state index in [9.17, 15) is 4.39 Å². The molecule has 0 aromatic carbocycles. The quantitative estimate of drug-likeness (QED) is 0.785. The third-order valence-corrected chi connectivity index (χ3v) is 2.97. The van der Waals surface area contributed by atoms with Crippen LogP contribution in [0.2, 0.25) is 0 Å². The zero-order chi connectivity index (χ0) is 13.7. The number of halogens is 1. The Bertz CT molecular complexity index is 410. The van der Waals surface area contributed by atoms with Crippen LogP contribution in [0.4, 0.5) is 4.39 Å². The normalized spacial score (nSPS) is 16.4. The van der Waals surface area contributed by atoms with Gasteiger partial charge < -0.3 is 14.8 Å². The lowest BCUT2D eigenvalue weighted by molar-refractivity contribution is 0.0609. The van der Waals surface area contributed by atoms with E-state index >= 15 is 0 Å².